The van der Waals surface area contributed by atoms with Crippen molar-refractivity contribution in [3.05, 3.63) is 11.6 Å². The van der Waals surface area contributed by atoms with E-state index in [2.05, 4.69) is 17.3 Å². The first-order valence-electron chi connectivity index (χ1n) is 5.42. The van der Waals surface area contributed by atoms with E-state index in [0.29, 0.717) is 12.1 Å². The maximum Gasteiger partial charge on any atom is 0.330 e. The van der Waals surface area contributed by atoms with Gasteiger partial charge in [-0.15, -0.1) is 0 Å². The van der Waals surface area contributed by atoms with Gasteiger partial charge >= 0.3 is 5.97 Å². The van der Waals surface area contributed by atoms with E-state index >= 15 is 0 Å². The lowest BCUT2D eigenvalue weighted by atomic mass is 10.3. The van der Waals surface area contributed by atoms with Gasteiger partial charge in [-0.2, -0.15) is 0 Å². The summed E-state index contributed by atoms with van der Waals surface area (Å²) in [6.45, 7) is 4.19. The second kappa shape index (κ2) is 5.88. The smallest absolute Gasteiger partial charge is 0.330 e. The van der Waals surface area contributed by atoms with Crippen LogP contribution in [0.25, 0.3) is 0 Å². The van der Waals surface area contributed by atoms with Crippen molar-refractivity contribution >= 4 is 5.97 Å². The lowest BCUT2D eigenvalue weighted by Crippen LogP contribution is -2.30. The second-order valence-corrected chi connectivity index (χ2v) is 4.11. The first-order chi connectivity index (χ1) is 7.11. The number of carboxylic acid groups (broad SMARTS) is 1. The summed E-state index contributed by atoms with van der Waals surface area (Å²) < 4.78 is 0. The molecule has 0 spiro atoms. The normalized spacial score (nSPS) is 17.1. The molecule has 0 aliphatic heterocycles. The zero-order valence-electron chi connectivity index (χ0n) is 9.49. The van der Waals surface area contributed by atoms with Gasteiger partial charge in [-0.3, -0.25) is 0 Å². The van der Waals surface area contributed by atoms with Crippen molar-refractivity contribution in [2.45, 2.75) is 25.8 Å². The summed E-state index contributed by atoms with van der Waals surface area (Å²) in [5, 5.41) is 11.8. The van der Waals surface area contributed by atoms with E-state index in [1.54, 1.807) is 13.0 Å². The summed E-state index contributed by atoms with van der Waals surface area (Å²) in [6, 6.07) is 0.795. The van der Waals surface area contributed by atoms with Crippen molar-refractivity contribution in [3.63, 3.8) is 0 Å². The molecule has 1 saturated carbocycles. The van der Waals surface area contributed by atoms with Gasteiger partial charge in [-0.25, -0.2) is 4.79 Å². The summed E-state index contributed by atoms with van der Waals surface area (Å²) in [6.07, 6.45) is 4.36. The lowest BCUT2D eigenvalue weighted by molar-refractivity contribution is -0.132. The number of carbonyl (C=O) groups is 1. The van der Waals surface area contributed by atoms with Gasteiger partial charge in [-0.1, -0.05) is 6.08 Å². The van der Waals surface area contributed by atoms with Crippen LogP contribution >= 0.6 is 0 Å². The molecule has 0 amide bonds. The van der Waals surface area contributed by atoms with Crippen molar-refractivity contribution in [1.82, 2.24) is 10.2 Å². The van der Waals surface area contributed by atoms with Gasteiger partial charge < -0.3 is 15.3 Å². The average Bonchev–Trinajstić information content (AvgIpc) is 2.99. The van der Waals surface area contributed by atoms with E-state index in [4.69, 9.17) is 5.11 Å². The molecule has 1 rings (SSSR count). The third-order valence-electron chi connectivity index (χ3n) is 2.70. The highest BCUT2D eigenvalue weighted by Crippen LogP contribution is 2.24. The zero-order chi connectivity index (χ0) is 11.3. The van der Waals surface area contributed by atoms with E-state index in [1.165, 1.54) is 12.8 Å². The maximum absolute atomic E-state index is 10.5. The Hall–Kier alpha value is -0.870. The van der Waals surface area contributed by atoms with E-state index < -0.39 is 5.97 Å². The minimum Gasteiger partial charge on any atom is -0.478 e. The summed E-state index contributed by atoms with van der Waals surface area (Å²) in [7, 11) is 2.14. The standard InChI is InChI=1S/C11H20N2O2/c1-9(11(14)15)5-6-12-7-8-13(2)10-3-4-10/h5,10,12H,3-4,6-8H2,1-2H3,(H,14,15)/b9-5-. The zero-order valence-corrected chi connectivity index (χ0v) is 9.49. The Morgan fingerprint density at radius 2 is 2.27 bits per heavy atom. The first kappa shape index (κ1) is 12.2. The minimum absolute atomic E-state index is 0.401. The molecule has 0 aromatic heterocycles. The summed E-state index contributed by atoms with van der Waals surface area (Å²) in [5.74, 6) is -0.841. The fourth-order valence-corrected chi connectivity index (χ4v) is 1.37. The fraction of sp³-hybridized carbons (Fsp3) is 0.727. The van der Waals surface area contributed by atoms with Gasteiger partial charge in [0.05, 0.1) is 0 Å². The second-order valence-electron chi connectivity index (χ2n) is 4.11. The van der Waals surface area contributed by atoms with Gasteiger partial charge in [0.25, 0.3) is 0 Å². The molecular weight excluding hydrogens is 192 g/mol. The fourth-order valence-electron chi connectivity index (χ4n) is 1.37. The SMILES string of the molecule is C/C(=C/CNCCN(C)C1CC1)C(=O)O. The van der Waals surface area contributed by atoms with Crippen LogP contribution in [0.15, 0.2) is 11.6 Å². The van der Waals surface area contributed by atoms with Crippen LogP contribution in [0.3, 0.4) is 0 Å². The van der Waals surface area contributed by atoms with E-state index in [9.17, 15) is 4.79 Å². The van der Waals surface area contributed by atoms with Crippen LogP contribution in [0, 0.1) is 0 Å². The predicted molar refractivity (Wildman–Crippen MR) is 59.9 cm³/mol. The summed E-state index contributed by atoms with van der Waals surface area (Å²) >= 11 is 0. The van der Waals surface area contributed by atoms with Crippen molar-refractivity contribution in [2.75, 3.05) is 26.7 Å². The van der Waals surface area contributed by atoms with Gasteiger partial charge in [0.2, 0.25) is 0 Å². The highest BCUT2D eigenvalue weighted by molar-refractivity contribution is 5.85. The van der Waals surface area contributed by atoms with Crippen LogP contribution in [0.1, 0.15) is 19.8 Å². The quantitative estimate of drug-likeness (QED) is 0.482. The number of likely N-dealkylation sites (N-methyl/N-ethyl adjacent to an activating group) is 1. The number of nitrogens with one attached hydrogen (secondary N) is 1. The third kappa shape index (κ3) is 4.95. The lowest BCUT2D eigenvalue weighted by Gasteiger charge is -2.15. The van der Waals surface area contributed by atoms with Crippen LogP contribution < -0.4 is 5.32 Å². The number of hydrogen-bond donors (Lipinski definition) is 2. The molecule has 4 heteroatoms. The van der Waals surface area contributed by atoms with Crippen molar-refractivity contribution < 1.29 is 9.90 Å². The Morgan fingerprint density at radius 1 is 1.60 bits per heavy atom. The molecule has 0 atom stereocenters. The van der Waals surface area contributed by atoms with Crippen molar-refractivity contribution in [2.24, 2.45) is 0 Å². The predicted octanol–water partition coefficient (Wildman–Crippen LogP) is 0.701. The Bertz CT molecular complexity index is 247. The molecule has 2 N–H and O–H groups in total. The number of aliphatic carboxylic acids is 1. The van der Waals surface area contributed by atoms with Crippen LogP contribution in [0.5, 0.6) is 0 Å². The van der Waals surface area contributed by atoms with Crippen LogP contribution in [-0.2, 0) is 4.79 Å². The molecule has 0 heterocycles. The van der Waals surface area contributed by atoms with Gasteiger partial charge in [0, 0.05) is 31.2 Å². The highest BCUT2D eigenvalue weighted by Gasteiger charge is 2.25. The molecule has 0 aromatic rings. The molecule has 0 unspecified atom stereocenters. The topological polar surface area (TPSA) is 52.6 Å². The number of rotatable bonds is 7. The Morgan fingerprint density at radius 3 is 2.80 bits per heavy atom. The largest absolute Gasteiger partial charge is 0.478 e. The number of hydrogen-bond acceptors (Lipinski definition) is 3. The maximum atomic E-state index is 10.5. The number of carboxylic acids is 1. The van der Waals surface area contributed by atoms with Gasteiger partial charge in [0.15, 0.2) is 0 Å². The van der Waals surface area contributed by atoms with Crippen LogP contribution in [0.4, 0.5) is 0 Å². The summed E-state index contributed by atoms with van der Waals surface area (Å²) in [5.41, 5.74) is 0.401. The Labute approximate surface area is 91.0 Å². The Kier molecular flexibility index (Phi) is 4.78. The number of nitrogens with zero attached hydrogens (tertiary/aromatic N) is 1. The third-order valence-corrected chi connectivity index (χ3v) is 2.70. The molecule has 0 radical (unpaired) electrons. The van der Waals surface area contributed by atoms with E-state index in [-0.39, 0.29) is 0 Å². The van der Waals surface area contributed by atoms with Crippen LogP contribution in [-0.4, -0.2) is 48.7 Å². The molecule has 86 valence electrons. The first-order valence-corrected chi connectivity index (χ1v) is 5.42. The minimum atomic E-state index is -0.841. The monoisotopic (exact) mass is 212 g/mol. The Balaban J connectivity index is 2.01. The van der Waals surface area contributed by atoms with E-state index in [0.717, 1.165) is 19.1 Å². The molecule has 0 bridgehead atoms. The van der Waals surface area contributed by atoms with Crippen molar-refractivity contribution in [3.8, 4) is 0 Å². The molecular formula is C11H20N2O2. The molecule has 1 fully saturated rings. The summed E-state index contributed by atoms with van der Waals surface area (Å²) in [4.78, 5) is 12.8. The average molecular weight is 212 g/mol. The molecule has 15 heavy (non-hydrogen) atoms. The van der Waals surface area contributed by atoms with Gasteiger partial charge in [-0.05, 0) is 26.8 Å². The molecule has 1 aliphatic rings. The highest BCUT2D eigenvalue weighted by atomic mass is 16.4. The molecule has 1 aliphatic carbocycles. The van der Waals surface area contributed by atoms with Gasteiger partial charge in [0.1, 0.15) is 0 Å². The van der Waals surface area contributed by atoms with Crippen LogP contribution in [0.2, 0.25) is 0 Å². The van der Waals surface area contributed by atoms with E-state index in [1.807, 2.05) is 0 Å². The molecule has 0 saturated heterocycles. The van der Waals surface area contributed by atoms with Crippen molar-refractivity contribution in [1.29, 1.82) is 0 Å². The molecule has 4 nitrogen and oxygen atoms in total. The molecule has 0 aromatic carbocycles.